The highest BCUT2D eigenvalue weighted by Gasteiger charge is 2.15. The van der Waals surface area contributed by atoms with Gasteiger partial charge in [0.15, 0.2) is 11.5 Å². The number of hydrogen-bond donors (Lipinski definition) is 2. The van der Waals surface area contributed by atoms with Gasteiger partial charge in [-0.15, -0.1) is 0 Å². The maximum Gasteiger partial charge on any atom is 0.251 e. The van der Waals surface area contributed by atoms with E-state index in [4.69, 9.17) is 21.1 Å². The van der Waals surface area contributed by atoms with E-state index in [0.717, 1.165) is 5.56 Å². The van der Waals surface area contributed by atoms with Crippen LogP contribution in [-0.4, -0.2) is 32.6 Å². The summed E-state index contributed by atoms with van der Waals surface area (Å²) in [5.41, 5.74) is 1.80. The van der Waals surface area contributed by atoms with Crippen molar-refractivity contribution in [3.63, 3.8) is 0 Å². The van der Waals surface area contributed by atoms with Gasteiger partial charge in [-0.3, -0.25) is 9.59 Å². The minimum Gasteiger partial charge on any atom is -0.493 e. The molecule has 0 fully saturated rings. The number of hydrogen-bond acceptors (Lipinski definition) is 4. The summed E-state index contributed by atoms with van der Waals surface area (Å²) in [7, 11) is 3.07. The number of carbonyl (C=O) groups excluding carboxylic acids is 2. The van der Waals surface area contributed by atoms with E-state index in [2.05, 4.69) is 10.6 Å². The predicted octanol–water partition coefficient (Wildman–Crippen LogP) is 3.04. The third-order valence-corrected chi connectivity index (χ3v) is 3.96. The fourth-order valence-electron chi connectivity index (χ4n) is 2.34. The molecule has 0 spiro atoms. The Labute approximate surface area is 157 Å². The van der Waals surface area contributed by atoms with E-state index in [1.54, 1.807) is 43.4 Å². The van der Waals surface area contributed by atoms with Crippen molar-refractivity contribution in [2.24, 2.45) is 0 Å². The summed E-state index contributed by atoms with van der Waals surface area (Å²) in [6.07, 6.45) is 0. The van der Waals surface area contributed by atoms with Crippen molar-refractivity contribution in [3.05, 3.63) is 58.1 Å². The zero-order valence-electron chi connectivity index (χ0n) is 14.9. The lowest BCUT2D eigenvalue weighted by molar-refractivity contribution is 0.0945. The highest BCUT2D eigenvalue weighted by molar-refractivity contribution is 6.32. The Bertz CT molecular complexity index is 791. The zero-order chi connectivity index (χ0) is 19.1. The van der Waals surface area contributed by atoms with Crippen molar-refractivity contribution in [2.75, 3.05) is 20.8 Å². The normalized spacial score (nSPS) is 10.2. The van der Waals surface area contributed by atoms with Gasteiger partial charge in [0.05, 0.1) is 18.7 Å². The average molecular weight is 377 g/mol. The minimum atomic E-state index is -0.288. The molecule has 7 heteroatoms. The molecule has 6 nitrogen and oxygen atoms in total. The van der Waals surface area contributed by atoms with Gasteiger partial charge in [-0.2, -0.15) is 0 Å². The van der Waals surface area contributed by atoms with Crippen molar-refractivity contribution in [2.45, 2.75) is 13.5 Å². The topological polar surface area (TPSA) is 76.7 Å². The number of rotatable bonds is 7. The standard InChI is InChI=1S/C19H21ClN2O4/c1-4-26-17-15(20)9-14(10-16(17)25-3)19(24)22-11-12-5-7-13(8-6-12)18(23)21-2/h5-10H,4,11H2,1-3H3,(H,21,23)(H,22,24). The summed E-state index contributed by atoms with van der Waals surface area (Å²) >= 11 is 6.19. The number of halogens is 1. The van der Waals surface area contributed by atoms with Crippen LogP contribution in [0.25, 0.3) is 0 Å². The first-order valence-electron chi connectivity index (χ1n) is 8.09. The van der Waals surface area contributed by atoms with Gasteiger partial charge in [0.25, 0.3) is 11.8 Å². The molecule has 0 aromatic heterocycles. The van der Waals surface area contributed by atoms with Gasteiger partial charge in [-0.25, -0.2) is 0 Å². The molecular weight excluding hydrogens is 356 g/mol. The summed E-state index contributed by atoms with van der Waals surface area (Å²) in [6.45, 7) is 2.60. The number of ether oxygens (including phenoxy) is 2. The summed E-state index contributed by atoms with van der Waals surface area (Å²) in [5, 5.41) is 5.68. The molecule has 0 radical (unpaired) electrons. The van der Waals surface area contributed by atoms with Gasteiger partial charge in [0.2, 0.25) is 0 Å². The summed E-state index contributed by atoms with van der Waals surface area (Å²) in [6, 6.07) is 10.1. The van der Waals surface area contributed by atoms with Gasteiger partial charge in [-0.1, -0.05) is 23.7 Å². The van der Waals surface area contributed by atoms with Crippen LogP contribution in [0.15, 0.2) is 36.4 Å². The second-order valence-electron chi connectivity index (χ2n) is 5.38. The smallest absolute Gasteiger partial charge is 0.251 e. The molecular formula is C19H21ClN2O4. The van der Waals surface area contributed by atoms with E-state index in [0.29, 0.717) is 40.8 Å². The Balaban J connectivity index is 2.08. The van der Waals surface area contributed by atoms with Crippen LogP contribution >= 0.6 is 11.6 Å². The van der Waals surface area contributed by atoms with E-state index >= 15 is 0 Å². The van der Waals surface area contributed by atoms with E-state index in [-0.39, 0.29) is 11.8 Å². The molecule has 0 atom stereocenters. The van der Waals surface area contributed by atoms with E-state index in [9.17, 15) is 9.59 Å². The number of methoxy groups -OCH3 is 1. The van der Waals surface area contributed by atoms with Crippen molar-refractivity contribution in [1.82, 2.24) is 10.6 Å². The highest BCUT2D eigenvalue weighted by Crippen LogP contribution is 2.36. The summed E-state index contributed by atoms with van der Waals surface area (Å²) in [4.78, 5) is 23.9. The van der Waals surface area contributed by atoms with Crippen LogP contribution in [0.1, 0.15) is 33.2 Å². The Kier molecular flexibility index (Phi) is 6.86. The number of nitrogens with one attached hydrogen (secondary N) is 2. The number of benzene rings is 2. The van der Waals surface area contributed by atoms with E-state index < -0.39 is 0 Å². The molecule has 2 aromatic carbocycles. The Morgan fingerprint density at radius 2 is 1.77 bits per heavy atom. The van der Waals surface area contributed by atoms with Crippen LogP contribution in [0.5, 0.6) is 11.5 Å². The first kappa shape index (κ1) is 19.6. The molecule has 138 valence electrons. The maximum absolute atomic E-state index is 12.4. The monoisotopic (exact) mass is 376 g/mol. The molecule has 2 rings (SSSR count). The van der Waals surface area contributed by atoms with Crippen molar-refractivity contribution in [1.29, 1.82) is 0 Å². The Morgan fingerprint density at radius 1 is 1.08 bits per heavy atom. The number of carbonyl (C=O) groups is 2. The molecule has 0 aliphatic heterocycles. The zero-order valence-corrected chi connectivity index (χ0v) is 15.6. The van der Waals surface area contributed by atoms with Crippen molar-refractivity contribution in [3.8, 4) is 11.5 Å². The van der Waals surface area contributed by atoms with E-state index in [1.807, 2.05) is 6.92 Å². The molecule has 26 heavy (non-hydrogen) atoms. The Morgan fingerprint density at radius 3 is 2.35 bits per heavy atom. The summed E-state index contributed by atoms with van der Waals surface area (Å²) in [5.74, 6) is 0.373. The third-order valence-electron chi connectivity index (χ3n) is 3.68. The van der Waals surface area contributed by atoms with Crippen LogP contribution in [0, 0.1) is 0 Å². The number of amides is 2. The van der Waals surface area contributed by atoms with Crippen LogP contribution in [0.4, 0.5) is 0 Å². The molecule has 0 aliphatic rings. The molecule has 0 unspecified atom stereocenters. The molecule has 2 aromatic rings. The summed E-state index contributed by atoms with van der Waals surface area (Å²) < 4.78 is 10.7. The quantitative estimate of drug-likeness (QED) is 0.778. The predicted molar refractivity (Wildman–Crippen MR) is 100 cm³/mol. The van der Waals surface area contributed by atoms with Gasteiger partial charge in [0, 0.05) is 24.7 Å². The lowest BCUT2D eigenvalue weighted by Crippen LogP contribution is -2.23. The fraction of sp³-hybridized carbons (Fsp3) is 0.263. The molecule has 0 aliphatic carbocycles. The molecule has 0 heterocycles. The van der Waals surface area contributed by atoms with Crippen LogP contribution in [-0.2, 0) is 6.54 Å². The first-order chi connectivity index (χ1) is 12.5. The van der Waals surface area contributed by atoms with Crippen LogP contribution in [0.3, 0.4) is 0 Å². The van der Waals surface area contributed by atoms with Gasteiger partial charge < -0.3 is 20.1 Å². The largest absolute Gasteiger partial charge is 0.493 e. The minimum absolute atomic E-state index is 0.156. The van der Waals surface area contributed by atoms with Gasteiger partial charge in [0.1, 0.15) is 0 Å². The highest BCUT2D eigenvalue weighted by atomic mass is 35.5. The molecule has 0 bridgehead atoms. The van der Waals surface area contributed by atoms with Crippen LogP contribution in [0.2, 0.25) is 5.02 Å². The van der Waals surface area contributed by atoms with Gasteiger partial charge >= 0.3 is 0 Å². The molecule has 0 saturated heterocycles. The van der Waals surface area contributed by atoms with Crippen LogP contribution < -0.4 is 20.1 Å². The molecule has 0 saturated carbocycles. The van der Waals surface area contributed by atoms with Crippen molar-refractivity contribution >= 4 is 23.4 Å². The maximum atomic E-state index is 12.4. The molecule has 2 amide bonds. The van der Waals surface area contributed by atoms with Gasteiger partial charge in [-0.05, 0) is 36.8 Å². The third kappa shape index (κ3) is 4.67. The average Bonchev–Trinajstić information content (AvgIpc) is 2.67. The Hall–Kier alpha value is -2.73. The molecule has 2 N–H and O–H groups in total. The first-order valence-corrected chi connectivity index (χ1v) is 8.47. The SMILES string of the molecule is CCOc1c(Cl)cc(C(=O)NCc2ccc(C(=O)NC)cc2)cc1OC. The second-order valence-corrected chi connectivity index (χ2v) is 5.79. The lowest BCUT2D eigenvalue weighted by atomic mass is 10.1. The lowest BCUT2D eigenvalue weighted by Gasteiger charge is -2.13. The second kappa shape index (κ2) is 9.10. The fourth-order valence-corrected chi connectivity index (χ4v) is 2.60. The van der Waals surface area contributed by atoms with E-state index in [1.165, 1.54) is 7.11 Å². The van der Waals surface area contributed by atoms with Crippen molar-refractivity contribution < 1.29 is 19.1 Å².